The molecule has 2 heteroatoms. The van der Waals surface area contributed by atoms with Crippen LogP contribution in [-0.4, -0.2) is 10.9 Å². The molecule has 2 aliphatic rings. The van der Waals surface area contributed by atoms with E-state index in [1.165, 1.54) is 151 Å². The Kier molecular flexibility index (Phi) is 18.6. The summed E-state index contributed by atoms with van der Waals surface area (Å²) in [7, 11) is 0. The van der Waals surface area contributed by atoms with Crippen LogP contribution < -0.4 is 0 Å². The first-order valence-electron chi connectivity index (χ1n) is 19.6. The number of phenols is 1. The van der Waals surface area contributed by atoms with Crippen molar-refractivity contribution in [1.29, 1.82) is 0 Å². The van der Waals surface area contributed by atoms with Crippen LogP contribution in [0.5, 0.6) is 5.75 Å². The Morgan fingerprint density at radius 2 is 1.11 bits per heavy atom. The van der Waals surface area contributed by atoms with Gasteiger partial charge in [0.25, 0.3) is 0 Å². The summed E-state index contributed by atoms with van der Waals surface area (Å²) in [6.45, 7) is 6.78. The maximum absolute atomic E-state index is 12.5. The second-order valence-corrected chi connectivity index (χ2v) is 14.3. The van der Waals surface area contributed by atoms with Gasteiger partial charge in [0.2, 0.25) is 0 Å². The smallest absolute Gasteiger partial charge is 0.178 e. The molecular weight excluding hydrogens is 548 g/mol. The van der Waals surface area contributed by atoms with Gasteiger partial charge in [-0.25, -0.2) is 0 Å². The molecule has 0 aromatic heterocycles. The molecule has 0 spiro atoms. The zero-order valence-corrected chi connectivity index (χ0v) is 29.7. The lowest BCUT2D eigenvalue weighted by molar-refractivity contribution is -0.110. The molecule has 1 N–H and O–H groups in total. The van der Waals surface area contributed by atoms with Crippen molar-refractivity contribution in [2.45, 2.75) is 188 Å². The van der Waals surface area contributed by atoms with Crippen LogP contribution in [0.15, 0.2) is 41.5 Å². The molecule has 1 fully saturated rings. The van der Waals surface area contributed by atoms with Crippen molar-refractivity contribution in [2.75, 3.05) is 0 Å². The Labute approximate surface area is 278 Å². The van der Waals surface area contributed by atoms with Crippen LogP contribution >= 0.6 is 0 Å². The van der Waals surface area contributed by atoms with Crippen molar-refractivity contribution < 1.29 is 9.90 Å². The third-order valence-electron chi connectivity index (χ3n) is 10.3. The predicted octanol–water partition coefficient (Wildman–Crippen LogP) is 13.3. The van der Waals surface area contributed by atoms with Gasteiger partial charge >= 0.3 is 0 Å². The number of ketones is 1. The zero-order chi connectivity index (χ0) is 32.1. The van der Waals surface area contributed by atoms with Crippen LogP contribution in [0.3, 0.4) is 0 Å². The number of aromatic hydroxyl groups is 1. The van der Waals surface area contributed by atoms with E-state index in [2.05, 4.69) is 39.0 Å². The lowest BCUT2D eigenvalue weighted by Crippen LogP contribution is -2.13. The van der Waals surface area contributed by atoms with Gasteiger partial charge in [0.05, 0.1) is 0 Å². The summed E-state index contributed by atoms with van der Waals surface area (Å²) < 4.78 is 0. The molecule has 0 unspecified atom stereocenters. The number of hydrogen-bond donors (Lipinski definition) is 1. The van der Waals surface area contributed by atoms with E-state index in [4.69, 9.17) is 0 Å². The highest BCUT2D eigenvalue weighted by Gasteiger charge is 2.26. The summed E-state index contributed by atoms with van der Waals surface area (Å²) >= 11 is 0. The SMILES string of the molecule is CCCCCCCCCCCc1cc(C(=C2C=CC(=O)C=C2CCC)C2CCCCC2)cc(CCCCCCCCCC)c1O. The van der Waals surface area contributed by atoms with Gasteiger partial charge < -0.3 is 5.11 Å². The lowest BCUT2D eigenvalue weighted by Gasteiger charge is -2.29. The first-order valence-corrected chi connectivity index (χ1v) is 19.6. The Morgan fingerprint density at radius 3 is 1.60 bits per heavy atom. The van der Waals surface area contributed by atoms with E-state index in [0.29, 0.717) is 11.7 Å². The second kappa shape index (κ2) is 22.4. The number of hydrogen-bond acceptors (Lipinski definition) is 2. The van der Waals surface area contributed by atoms with Gasteiger partial charge in [0.15, 0.2) is 5.78 Å². The van der Waals surface area contributed by atoms with Crippen LogP contribution in [0, 0.1) is 5.92 Å². The third-order valence-corrected chi connectivity index (χ3v) is 10.3. The summed E-state index contributed by atoms with van der Waals surface area (Å²) in [5, 5.41) is 11.6. The largest absolute Gasteiger partial charge is 0.507 e. The van der Waals surface area contributed by atoms with Gasteiger partial charge in [-0.1, -0.05) is 149 Å². The second-order valence-electron chi connectivity index (χ2n) is 14.3. The third kappa shape index (κ3) is 13.3. The summed E-state index contributed by atoms with van der Waals surface area (Å²) in [6, 6.07) is 4.70. The molecule has 2 aliphatic carbocycles. The quantitative estimate of drug-likeness (QED) is 0.124. The minimum Gasteiger partial charge on any atom is -0.507 e. The number of allylic oxidation sites excluding steroid dienone is 6. The molecule has 45 heavy (non-hydrogen) atoms. The lowest BCUT2D eigenvalue weighted by atomic mass is 9.75. The maximum Gasteiger partial charge on any atom is 0.178 e. The Hall–Kier alpha value is -2.09. The highest BCUT2D eigenvalue weighted by molar-refractivity contribution is 6.03. The van der Waals surface area contributed by atoms with Crippen LogP contribution in [0.1, 0.15) is 192 Å². The van der Waals surface area contributed by atoms with Crippen molar-refractivity contribution in [2.24, 2.45) is 5.92 Å². The highest BCUT2D eigenvalue weighted by atomic mass is 16.3. The molecule has 0 radical (unpaired) electrons. The van der Waals surface area contributed by atoms with Crippen LogP contribution in [-0.2, 0) is 17.6 Å². The van der Waals surface area contributed by atoms with Crippen molar-refractivity contribution >= 4 is 11.4 Å². The molecule has 1 aromatic rings. The number of carbonyl (C=O) groups excluding carboxylic acids is 1. The fourth-order valence-corrected chi connectivity index (χ4v) is 7.68. The number of carbonyl (C=O) groups is 1. The standard InChI is InChI=1S/C43H68O2/c1-4-7-9-11-13-15-17-19-22-29-38-33-39(32-37(43(38)45)28-21-18-16-14-12-10-8-5-2)42(35-26-23-20-24-27-35)41-31-30-40(44)34-36(41)25-6-3/h30-35,45H,4-29H2,1-3H3. The number of aryl methyl sites for hydroxylation is 2. The van der Waals surface area contributed by atoms with E-state index in [1.54, 1.807) is 6.08 Å². The first kappa shape index (κ1) is 37.4. The maximum atomic E-state index is 12.5. The van der Waals surface area contributed by atoms with E-state index in [9.17, 15) is 9.90 Å². The first-order chi connectivity index (χ1) is 22.1. The van der Waals surface area contributed by atoms with E-state index in [-0.39, 0.29) is 5.78 Å². The van der Waals surface area contributed by atoms with Gasteiger partial charge in [-0.2, -0.15) is 0 Å². The Morgan fingerprint density at radius 1 is 0.622 bits per heavy atom. The van der Waals surface area contributed by atoms with E-state index >= 15 is 0 Å². The zero-order valence-electron chi connectivity index (χ0n) is 29.7. The fourth-order valence-electron chi connectivity index (χ4n) is 7.68. The van der Waals surface area contributed by atoms with Crippen molar-refractivity contribution in [3.8, 4) is 5.75 Å². The predicted molar refractivity (Wildman–Crippen MR) is 196 cm³/mol. The van der Waals surface area contributed by atoms with Crippen LogP contribution in [0.25, 0.3) is 5.57 Å². The molecule has 0 bridgehead atoms. The van der Waals surface area contributed by atoms with Crippen molar-refractivity contribution in [3.05, 3.63) is 58.2 Å². The topological polar surface area (TPSA) is 37.3 Å². The number of phenolic OH excluding ortho intramolecular Hbond substituents is 1. The molecule has 1 aromatic carbocycles. The summed E-state index contributed by atoms with van der Waals surface area (Å²) in [5.74, 6) is 1.21. The molecule has 0 saturated heterocycles. The summed E-state index contributed by atoms with van der Waals surface area (Å²) in [5.41, 5.74) is 7.57. The number of unbranched alkanes of at least 4 members (excludes halogenated alkanes) is 15. The van der Waals surface area contributed by atoms with Crippen LogP contribution in [0.4, 0.5) is 0 Å². The van der Waals surface area contributed by atoms with Gasteiger partial charge in [-0.15, -0.1) is 0 Å². The molecule has 1 saturated carbocycles. The molecule has 252 valence electrons. The van der Waals surface area contributed by atoms with Gasteiger partial charge in [-0.3, -0.25) is 4.79 Å². The van der Waals surface area contributed by atoms with E-state index < -0.39 is 0 Å². The number of rotatable bonds is 23. The van der Waals surface area contributed by atoms with E-state index in [0.717, 1.165) is 49.7 Å². The van der Waals surface area contributed by atoms with Crippen LogP contribution in [0.2, 0.25) is 0 Å². The molecule has 2 nitrogen and oxygen atoms in total. The average molecular weight is 617 g/mol. The minimum atomic E-state index is 0.123. The van der Waals surface area contributed by atoms with Gasteiger partial charge in [0.1, 0.15) is 5.75 Å². The van der Waals surface area contributed by atoms with Gasteiger partial charge in [-0.05, 0) is 109 Å². The average Bonchev–Trinajstić information content (AvgIpc) is 3.05. The summed E-state index contributed by atoms with van der Waals surface area (Å²) in [6.07, 6.45) is 38.3. The molecule has 0 atom stereocenters. The summed E-state index contributed by atoms with van der Waals surface area (Å²) in [4.78, 5) is 12.5. The molecule has 3 rings (SSSR count). The highest BCUT2D eigenvalue weighted by Crippen LogP contribution is 2.43. The Bertz CT molecular complexity index is 1080. The molecular formula is C43H68O2. The van der Waals surface area contributed by atoms with E-state index in [1.807, 2.05) is 6.08 Å². The minimum absolute atomic E-state index is 0.123. The monoisotopic (exact) mass is 617 g/mol. The van der Waals surface area contributed by atoms with Crippen molar-refractivity contribution in [1.82, 2.24) is 0 Å². The molecule has 0 amide bonds. The fraction of sp³-hybridized carbons (Fsp3) is 0.698. The molecule has 0 heterocycles. The normalized spacial score (nSPS) is 16.8. The Balaban J connectivity index is 1.84. The van der Waals surface area contributed by atoms with Crippen molar-refractivity contribution in [3.63, 3.8) is 0 Å². The molecule has 0 aliphatic heterocycles. The number of benzene rings is 1. The van der Waals surface area contributed by atoms with Gasteiger partial charge in [0, 0.05) is 0 Å².